The minimum absolute atomic E-state index is 0.0147. The zero-order valence-electron chi connectivity index (χ0n) is 18.1. The number of esters is 2. The van der Waals surface area contributed by atoms with Crippen LogP contribution in [0.15, 0.2) is 36.4 Å². The SMILES string of the molecule is COC(=O)c1cc(NC(=O)C2CC(=O)N(c3ccc4c(c3)OCCO4)C2)cc(C(=O)OC)c1. The van der Waals surface area contributed by atoms with E-state index in [1.54, 1.807) is 18.2 Å². The number of carbonyl (C=O) groups excluding carboxylic acids is 4. The van der Waals surface area contributed by atoms with Gasteiger partial charge in [-0.3, -0.25) is 9.59 Å². The average Bonchev–Trinajstić information content (AvgIpc) is 3.24. The second kappa shape index (κ2) is 9.19. The van der Waals surface area contributed by atoms with Gasteiger partial charge in [0.1, 0.15) is 13.2 Å². The third-order valence-electron chi connectivity index (χ3n) is 5.38. The van der Waals surface area contributed by atoms with Gasteiger partial charge < -0.3 is 29.2 Å². The van der Waals surface area contributed by atoms with Gasteiger partial charge in [0.15, 0.2) is 11.5 Å². The Morgan fingerprint density at radius 1 is 0.939 bits per heavy atom. The number of benzene rings is 2. The van der Waals surface area contributed by atoms with Gasteiger partial charge in [-0.05, 0) is 30.3 Å². The summed E-state index contributed by atoms with van der Waals surface area (Å²) in [7, 11) is 2.42. The van der Waals surface area contributed by atoms with Crippen LogP contribution in [0.1, 0.15) is 27.1 Å². The number of methoxy groups -OCH3 is 2. The van der Waals surface area contributed by atoms with Gasteiger partial charge in [0.25, 0.3) is 0 Å². The normalized spacial score (nSPS) is 16.8. The third kappa shape index (κ3) is 4.59. The van der Waals surface area contributed by atoms with Crippen molar-refractivity contribution in [3.63, 3.8) is 0 Å². The van der Waals surface area contributed by atoms with E-state index in [9.17, 15) is 19.2 Å². The first kappa shape index (κ1) is 22.1. The summed E-state index contributed by atoms with van der Waals surface area (Å²) in [5, 5.41) is 2.69. The lowest BCUT2D eigenvalue weighted by atomic mass is 10.1. The summed E-state index contributed by atoms with van der Waals surface area (Å²) in [5.41, 5.74) is 0.987. The van der Waals surface area contributed by atoms with E-state index in [0.717, 1.165) is 0 Å². The first-order valence-corrected chi connectivity index (χ1v) is 10.2. The van der Waals surface area contributed by atoms with Crippen LogP contribution in [0.25, 0.3) is 0 Å². The van der Waals surface area contributed by atoms with Crippen LogP contribution in [-0.2, 0) is 19.1 Å². The van der Waals surface area contributed by atoms with Gasteiger partial charge in [-0.2, -0.15) is 0 Å². The van der Waals surface area contributed by atoms with Gasteiger partial charge in [0.2, 0.25) is 11.8 Å². The highest BCUT2D eigenvalue weighted by Gasteiger charge is 2.36. The van der Waals surface area contributed by atoms with Crippen molar-refractivity contribution in [1.82, 2.24) is 0 Å². The molecule has 0 radical (unpaired) electrons. The highest BCUT2D eigenvalue weighted by Crippen LogP contribution is 2.36. The van der Waals surface area contributed by atoms with Gasteiger partial charge in [0, 0.05) is 30.4 Å². The zero-order chi connectivity index (χ0) is 23.5. The standard InChI is InChI=1S/C23H22N2O8/c1-30-22(28)13-7-14(23(29)31-2)9-16(8-13)24-21(27)15-10-20(26)25(12-15)17-3-4-18-19(11-17)33-6-5-32-18/h3-4,7-9,11,15H,5-6,10,12H2,1-2H3,(H,24,27). The summed E-state index contributed by atoms with van der Waals surface area (Å²) in [6.45, 7) is 1.06. The lowest BCUT2D eigenvalue weighted by Crippen LogP contribution is -2.28. The summed E-state index contributed by atoms with van der Waals surface area (Å²) >= 11 is 0. The zero-order valence-corrected chi connectivity index (χ0v) is 18.1. The Kier molecular flexibility index (Phi) is 6.16. The van der Waals surface area contributed by atoms with E-state index < -0.39 is 23.8 Å². The van der Waals surface area contributed by atoms with E-state index in [2.05, 4.69) is 5.32 Å². The van der Waals surface area contributed by atoms with Crippen molar-refractivity contribution in [3.05, 3.63) is 47.5 Å². The molecule has 1 saturated heterocycles. The number of anilines is 2. The molecule has 0 spiro atoms. The van der Waals surface area contributed by atoms with E-state index in [-0.39, 0.29) is 35.7 Å². The first-order valence-electron chi connectivity index (χ1n) is 10.2. The Morgan fingerprint density at radius 2 is 1.58 bits per heavy atom. The Bertz CT molecular complexity index is 1100. The van der Waals surface area contributed by atoms with Crippen LogP contribution < -0.4 is 19.7 Å². The number of nitrogens with one attached hydrogen (secondary N) is 1. The summed E-state index contributed by atoms with van der Waals surface area (Å²) in [6.07, 6.45) is 0.0147. The summed E-state index contributed by atoms with van der Waals surface area (Å²) in [4.78, 5) is 51.0. The fourth-order valence-electron chi connectivity index (χ4n) is 3.75. The van der Waals surface area contributed by atoms with Crippen molar-refractivity contribution < 1.29 is 38.1 Å². The molecule has 2 aromatic rings. The predicted octanol–water partition coefficient (Wildman–Crippen LogP) is 2.02. The third-order valence-corrected chi connectivity index (χ3v) is 5.38. The summed E-state index contributed by atoms with van der Waals surface area (Å²) in [5.74, 6) is -1.43. The van der Waals surface area contributed by atoms with Crippen LogP contribution in [0.5, 0.6) is 11.5 Å². The molecular formula is C23H22N2O8. The van der Waals surface area contributed by atoms with Gasteiger partial charge in [-0.25, -0.2) is 9.59 Å². The average molecular weight is 454 g/mol. The molecule has 10 heteroatoms. The molecule has 33 heavy (non-hydrogen) atoms. The fourth-order valence-corrected chi connectivity index (χ4v) is 3.75. The molecule has 0 aromatic heterocycles. The quantitative estimate of drug-likeness (QED) is 0.682. The molecule has 1 unspecified atom stereocenters. The van der Waals surface area contributed by atoms with Crippen LogP contribution in [0.4, 0.5) is 11.4 Å². The molecule has 2 aliphatic rings. The molecule has 1 N–H and O–H groups in total. The molecule has 10 nitrogen and oxygen atoms in total. The van der Waals surface area contributed by atoms with Crippen LogP contribution >= 0.6 is 0 Å². The van der Waals surface area contributed by atoms with E-state index >= 15 is 0 Å². The maximum Gasteiger partial charge on any atom is 0.337 e. The predicted molar refractivity (Wildman–Crippen MR) is 116 cm³/mol. The molecule has 172 valence electrons. The van der Waals surface area contributed by atoms with Crippen LogP contribution in [0.2, 0.25) is 0 Å². The van der Waals surface area contributed by atoms with Gasteiger partial charge in [-0.15, -0.1) is 0 Å². The van der Waals surface area contributed by atoms with E-state index in [0.29, 0.717) is 30.4 Å². The number of hydrogen-bond donors (Lipinski definition) is 1. The Hall–Kier alpha value is -4.08. The number of nitrogens with zero attached hydrogens (tertiary/aromatic N) is 1. The molecule has 2 amide bonds. The maximum atomic E-state index is 12.9. The minimum atomic E-state index is -0.669. The Morgan fingerprint density at radius 3 is 2.21 bits per heavy atom. The fraction of sp³-hybridized carbons (Fsp3) is 0.304. The van der Waals surface area contributed by atoms with Crippen LogP contribution in [0.3, 0.4) is 0 Å². The Labute approximate surface area is 189 Å². The maximum absolute atomic E-state index is 12.9. The van der Waals surface area contributed by atoms with E-state index in [1.807, 2.05) is 0 Å². The second-order valence-electron chi connectivity index (χ2n) is 7.50. The number of carbonyl (C=O) groups is 4. The number of ether oxygens (including phenoxy) is 4. The van der Waals surface area contributed by atoms with Crippen molar-refractivity contribution in [1.29, 1.82) is 0 Å². The highest BCUT2D eigenvalue weighted by atomic mass is 16.6. The second-order valence-corrected chi connectivity index (χ2v) is 7.50. The van der Waals surface area contributed by atoms with Gasteiger partial charge in [-0.1, -0.05) is 0 Å². The van der Waals surface area contributed by atoms with Crippen LogP contribution in [-0.4, -0.2) is 57.7 Å². The summed E-state index contributed by atoms with van der Waals surface area (Å²) in [6, 6.07) is 9.30. The monoisotopic (exact) mass is 454 g/mol. The topological polar surface area (TPSA) is 120 Å². The van der Waals surface area contributed by atoms with E-state index in [4.69, 9.17) is 18.9 Å². The highest BCUT2D eigenvalue weighted by molar-refractivity contribution is 6.05. The van der Waals surface area contributed by atoms with Crippen molar-refractivity contribution in [3.8, 4) is 11.5 Å². The molecule has 0 bridgehead atoms. The number of rotatable bonds is 5. The lowest BCUT2D eigenvalue weighted by Gasteiger charge is -2.22. The number of amides is 2. The van der Waals surface area contributed by atoms with Crippen LogP contribution in [0, 0.1) is 5.92 Å². The van der Waals surface area contributed by atoms with Crippen molar-refractivity contribution >= 4 is 35.1 Å². The molecule has 2 aliphatic heterocycles. The van der Waals surface area contributed by atoms with Crippen molar-refractivity contribution in [2.45, 2.75) is 6.42 Å². The van der Waals surface area contributed by atoms with Gasteiger partial charge >= 0.3 is 11.9 Å². The minimum Gasteiger partial charge on any atom is -0.486 e. The molecular weight excluding hydrogens is 432 g/mol. The van der Waals surface area contributed by atoms with E-state index in [1.165, 1.54) is 37.3 Å². The molecule has 1 atom stereocenters. The largest absolute Gasteiger partial charge is 0.486 e. The number of fused-ring (bicyclic) bond motifs is 1. The first-order chi connectivity index (χ1) is 15.9. The van der Waals surface area contributed by atoms with Crippen molar-refractivity contribution in [2.24, 2.45) is 5.92 Å². The lowest BCUT2D eigenvalue weighted by molar-refractivity contribution is -0.122. The molecule has 4 rings (SSSR count). The van der Waals surface area contributed by atoms with Gasteiger partial charge in [0.05, 0.1) is 31.3 Å². The summed E-state index contributed by atoms with van der Waals surface area (Å²) < 4.78 is 20.5. The molecule has 2 heterocycles. The Balaban J connectivity index is 1.51. The smallest absolute Gasteiger partial charge is 0.337 e. The van der Waals surface area contributed by atoms with Crippen molar-refractivity contribution in [2.75, 3.05) is 44.2 Å². The molecule has 0 aliphatic carbocycles. The number of hydrogen-bond acceptors (Lipinski definition) is 8. The molecule has 1 fully saturated rings. The molecule has 0 saturated carbocycles. The molecule has 2 aromatic carbocycles.